The van der Waals surface area contributed by atoms with Gasteiger partial charge in [-0.2, -0.15) is 5.10 Å². The lowest BCUT2D eigenvalue weighted by Gasteiger charge is -2.04. The van der Waals surface area contributed by atoms with Gasteiger partial charge in [-0.1, -0.05) is 35.0 Å². The Labute approximate surface area is 178 Å². The summed E-state index contributed by atoms with van der Waals surface area (Å²) in [7, 11) is 0. The molecule has 0 aliphatic heterocycles. The Bertz CT molecular complexity index is 1170. The molecule has 0 aliphatic rings. The summed E-state index contributed by atoms with van der Waals surface area (Å²) < 4.78 is 20.5. The molecule has 29 heavy (non-hydrogen) atoms. The van der Waals surface area contributed by atoms with Gasteiger partial charge in [-0.15, -0.1) is 0 Å². The van der Waals surface area contributed by atoms with Gasteiger partial charge >= 0.3 is 0 Å². The molecule has 0 aliphatic carbocycles. The number of halogens is 3. The maximum Gasteiger partial charge on any atom is 0.279 e. The van der Waals surface area contributed by atoms with E-state index in [-0.39, 0.29) is 11.5 Å². The van der Waals surface area contributed by atoms with Crippen LogP contribution in [0.3, 0.4) is 0 Å². The molecular weight excluding hydrogens is 463 g/mol. The predicted octanol–water partition coefficient (Wildman–Crippen LogP) is 5.39. The molecule has 6 nitrogen and oxygen atoms in total. The summed E-state index contributed by atoms with van der Waals surface area (Å²) in [5, 5.41) is 11.5. The zero-order valence-corrected chi connectivity index (χ0v) is 17.1. The third-order valence-electron chi connectivity index (χ3n) is 4.11. The molecule has 2 aromatic carbocycles. The quantitative estimate of drug-likeness (QED) is 0.420. The molecular formula is C20H13BrClFN4O2. The van der Waals surface area contributed by atoms with Gasteiger partial charge in [0.15, 0.2) is 17.3 Å². The normalized spacial score (nSPS) is 10.9. The van der Waals surface area contributed by atoms with Crippen molar-refractivity contribution >= 4 is 39.3 Å². The van der Waals surface area contributed by atoms with Crippen LogP contribution in [0, 0.1) is 5.82 Å². The number of carbonyl (C=O) groups excluding carboxylic acids is 1. The maximum absolute atomic E-state index is 13.0. The van der Waals surface area contributed by atoms with Gasteiger partial charge in [0.05, 0.1) is 11.0 Å². The van der Waals surface area contributed by atoms with Crippen molar-refractivity contribution in [2.24, 2.45) is 0 Å². The number of hydrogen-bond donors (Lipinski definition) is 1. The van der Waals surface area contributed by atoms with E-state index in [2.05, 4.69) is 31.5 Å². The van der Waals surface area contributed by atoms with E-state index >= 15 is 0 Å². The summed E-state index contributed by atoms with van der Waals surface area (Å²) in [5.41, 5.74) is 1.60. The molecule has 9 heteroatoms. The number of aromatic nitrogens is 3. The van der Waals surface area contributed by atoms with Crippen LogP contribution in [-0.2, 0) is 6.54 Å². The minimum atomic E-state index is -0.481. The van der Waals surface area contributed by atoms with Crippen molar-refractivity contribution in [3.63, 3.8) is 0 Å². The Hall–Kier alpha value is -2.97. The molecule has 0 spiro atoms. The molecule has 2 heterocycles. The maximum atomic E-state index is 13.0. The van der Waals surface area contributed by atoms with E-state index < -0.39 is 5.91 Å². The van der Waals surface area contributed by atoms with Crippen LogP contribution < -0.4 is 5.32 Å². The zero-order valence-electron chi connectivity index (χ0n) is 14.8. The summed E-state index contributed by atoms with van der Waals surface area (Å²) in [6.07, 6.45) is 1.74. The van der Waals surface area contributed by atoms with Crippen LogP contribution in [0.1, 0.15) is 16.1 Å². The van der Waals surface area contributed by atoms with Crippen LogP contribution in [0.2, 0.25) is 5.02 Å². The zero-order chi connectivity index (χ0) is 20.4. The summed E-state index contributed by atoms with van der Waals surface area (Å²) in [6, 6.07) is 14.6. The second-order valence-electron chi connectivity index (χ2n) is 6.15. The van der Waals surface area contributed by atoms with E-state index in [1.807, 2.05) is 18.2 Å². The number of anilines is 1. The Morgan fingerprint density at radius 1 is 1.21 bits per heavy atom. The van der Waals surface area contributed by atoms with Gasteiger partial charge in [-0.25, -0.2) is 4.39 Å². The van der Waals surface area contributed by atoms with Gasteiger partial charge in [0, 0.05) is 22.8 Å². The van der Waals surface area contributed by atoms with Crippen molar-refractivity contribution in [3.05, 3.63) is 87.4 Å². The van der Waals surface area contributed by atoms with E-state index in [0.29, 0.717) is 33.2 Å². The molecule has 0 unspecified atom stereocenters. The number of benzene rings is 2. The average molecular weight is 476 g/mol. The molecule has 0 bridgehead atoms. The summed E-state index contributed by atoms with van der Waals surface area (Å²) in [6.45, 7) is 0.451. The van der Waals surface area contributed by atoms with Crippen LogP contribution in [-0.4, -0.2) is 20.8 Å². The molecule has 0 fully saturated rings. The minimum absolute atomic E-state index is 0.0804. The highest BCUT2D eigenvalue weighted by Gasteiger charge is 2.17. The van der Waals surface area contributed by atoms with Gasteiger partial charge < -0.3 is 9.84 Å². The largest absolute Gasteiger partial charge is 0.355 e. The first-order chi connectivity index (χ1) is 14.0. The van der Waals surface area contributed by atoms with Crippen molar-refractivity contribution < 1.29 is 13.7 Å². The molecule has 0 saturated carbocycles. The third kappa shape index (κ3) is 4.38. The van der Waals surface area contributed by atoms with Crippen LogP contribution in [0.15, 0.2) is 69.8 Å². The second-order valence-corrected chi connectivity index (χ2v) is 7.41. The highest BCUT2D eigenvalue weighted by Crippen LogP contribution is 2.24. The summed E-state index contributed by atoms with van der Waals surface area (Å²) in [4.78, 5) is 12.5. The van der Waals surface area contributed by atoms with Crippen LogP contribution >= 0.6 is 27.5 Å². The number of rotatable bonds is 5. The number of carbonyl (C=O) groups is 1. The fourth-order valence-electron chi connectivity index (χ4n) is 2.67. The first-order valence-corrected chi connectivity index (χ1v) is 9.67. The van der Waals surface area contributed by atoms with Crippen LogP contribution in [0.25, 0.3) is 11.3 Å². The lowest BCUT2D eigenvalue weighted by Crippen LogP contribution is -2.13. The fraction of sp³-hybridized carbons (Fsp3) is 0.0500. The lowest BCUT2D eigenvalue weighted by atomic mass is 10.1. The second kappa shape index (κ2) is 8.18. The SMILES string of the molecule is O=C(Nc1nn(Cc2ccccc2Cl)cc1Br)c1cc(-c2ccc(F)cc2)on1. The molecule has 0 radical (unpaired) electrons. The minimum Gasteiger partial charge on any atom is -0.355 e. The van der Waals surface area contributed by atoms with Crippen molar-refractivity contribution in [2.45, 2.75) is 6.54 Å². The van der Waals surface area contributed by atoms with Gasteiger partial charge in [-0.3, -0.25) is 9.48 Å². The number of nitrogens with one attached hydrogen (secondary N) is 1. The average Bonchev–Trinajstić information content (AvgIpc) is 3.32. The molecule has 146 valence electrons. The van der Waals surface area contributed by atoms with Crippen LogP contribution in [0.5, 0.6) is 0 Å². The predicted molar refractivity (Wildman–Crippen MR) is 110 cm³/mol. The lowest BCUT2D eigenvalue weighted by molar-refractivity contribution is 0.101. The molecule has 4 aromatic rings. The Kier molecular flexibility index (Phi) is 5.46. The van der Waals surface area contributed by atoms with Gasteiger partial charge in [0.2, 0.25) is 0 Å². The molecule has 1 N–H and O–H groups in total. The van der Waals surface area contributed by atoms with Crippen molar-refractivity contribution in [2.75, 3.05) is 5.32 Å². The summed E-state index contributed by atoms with van der Waals surface area (Å²) in [5.74, 6) is -0.138. The monoisotopic (exact) mass is 474 g/mol. The van der Waals surface area contributed by atoms with E-state index in [4.69, 9.17) is 16.1 Å². The Morgan fingerprint density at radius 3 is 2.72 bits per heavy atom. The number of amides is 1. The highest BCUT2D eigenvalue weighted by molar-refractivity contribution is 9.10. The molecule has 2 aromatic heterocycles. The highest BCUT2D eigenvalue weighted by atomic mass is 79.9. The number of nitrogens with zero attached hydrogens (tertiary/aromatic N) is 3. The van der Waals surface area contributed by atoms with E-state index in [1.54, 1.807) is 29.1 Å². The Balaban J connectivity index is 1.48. The molecule has 0 atom stereocenters. The first-order valence-electron chi connectivity index (χ1n) is 8.50. The number of hydrogen-bond acceptors (Lipinski definition) is 4. The fourth-order valence-corrected chi connectivity index (χ4v) is 3.28. The molecule has 1 amide bonds. The van der Waals surface area contributed by atoms with Gasteiger partial charge in [0.25, 0.3) is 5.91 Å². The van der Waals surface area contributed by atoms with E-state index in [0.717, 1.165) is 5.56 Å². The first kappa shape index (κ1) is 19.4. The smallest absolute Gasteiger partial charge is 0.279 e. The van der Waals surface area contributed by atoms with E-state index in [1.165, 1.54) is 18.2 Å². The van der Waals surface area contributed by atoms with Gasteiger partial charge in [0.1, 0.15) is 5.82 Å². The summed E-state index contributed by atoms with van der Waals surface area (Å²) >= 11 is 9.57. The van der Waals surface area contributed by atoms with Crippen molar-refractivity contribution in [1.82, 2.24) is 14.9 Å². The molecule has 0 saturated heterocycles. The Morgan fingerprint density at radius 2 is 1.97 bits per heavy atom. The van der Waals surface area contributed by atoms with E-state index in [9.17, 15) is 9.18 Å². The topological polar surface area (TPSA) is 73.0 Å². The molecule has 4 rings (SSSR count). The third-order valence-corrected chi connectivity index (χ3v) is 5.06. The standard InChI is InChI=1S/C20H13BrClFN4O2/c21-15-11-27(10-13-3-1-2-4-16(13)22)25-19(15)24-20(28)17-9-18(29-26-17)12-5-7-14(23)8-6-12/h1-9,11H,10H2,(H,24,25,28). The van der Waals surface area contributed by atoms with Gasteiger partial charge in [-0.05, 0) is 51.8 Å². The van der Waals surface area contributed by atoms with Crippen molar-refractivity contribution in [1.29, 1.82) is 0 Å². The van der Waals surface area contributed by atoms with Crippen LogP contribution in [0.4, 0.5) is 10.2 Å². The van der Waals surface area contributed by atoms with Crippen molar-refractivity contribution in [3.8, 4) is 11.3 Å².